The molecule has 1 aliphatic heterocycles. The van der Waals surface area contributed by atoms with Crippen molar-refractivity contribution in [2.24, 2.45) is 7.05 Å². The molecule has 8 heteroatoms. The molecule has 0 unspecified atom stereocenters. The number of hydrogen-bond donors (Lipinski definition) is 1. The molecule has 0 aromatic carbocycles. The van der Waals surface area contributed by atoms with E-state index in [0.29, 0.717) is 18.8 Å². The third-order valence-corrected chi connectivity index (χ3v) is 3.87. The minimum Gasteiger partial charge on any atom is -0.354 e. The van der Waals surface area contributed by atoms with Crippen LogP contribution >= 0.6 is 0 Å². The van der Waals surface area contributed by atoms with Crippen LogP contribution in [0.25, 0.3) is 0 Å². The molecule has 1 N–H and O–H groups in total. The van der Waals surface area contributed by atoms with E-state index in [1.165, 1.54) is 0 Å². The normalized spacial score (nSPS) is 20.7. The average molecular weight is 318 g/mol. The van der Waals surface area contributed by atoms with Crippen molar-refractivity contribution in [2.45, 2.75) is 25.1 Å². The van der Waals surface area contributed by atoms with E-state index in [1.807, 2.05) is 4.90 Å². The number of nitrogens with zero attached hydrogens (tertiary/aromatic N) is 5. The third-order valence-electron chi connectivity index (χ3n) is 3.87. The summed E-state index contributed by atoms with van der Waals surface area (Å²) in [6, 6.07) is 3.46. The molecule has 0 saturated carbocycles. The minimum atomic E-state index is -0.919. The molecule has 1 aliphatic rings. The van der Waals surface area contributed by atoms with E-state index in [0.717, 1.165) is 5.56 Å². The van der Waals surface area contributed by atoms with Gasteiger partial charge in [0.2, 0.25) is 5.91 Å². The zero-order chi connectivity index (χ0) is 16.2. The highest BCUT2D eigenvalue weighted by molar-refractivity contribution is 5.78. The van der Waals surface area contributed by atoms with Crippen LogP contribution in [0.1, 0.15) is 12.0 Å². The Balaban J connectivity index is 1.56. The Morgan fingerprint density at radius 3 is 3.09 bits per heavy atom. The maximum Gasteiger partial charge on any atom is 0.224 e. The number of amides is 1. The molecule has 0 bridgehead atoms. The van der Waals surface area contributed by atoms with E-state index >= 15 is 0 Å². The second kappa shape index (κ2) is 6.72. The topological polar surface area (TPSA) is 75.9 Å². The van der Waals surface area contributed by atoms with Crippen molar-refractivity contribution < 1.29 is 9.18 Å². The second-order valence-electron chi connectivity index (χ2n) is 5.72. The van der Waals surface area contributed by atoms with Crippen LogP contribution in [-0.2, 0) is 18.3 Å². The van der Waals surface area contributed by atoms with Crippen LogP contribution in [0.15, 0.2) is 30.7 Å². The first-order chi connectivity index (χ1) is 11.1. The summed E-state index contributed by atoms with van der Waals surface area (Å²) < 4.78 is 15.4. The lowest BCUT2D eigenvalue weighted by Crippen LogP contribution is -2.41. The van der Waals surface area contributed by atoms with Crippen molar-refractivity contribution in [3.8, 4) is 0 Å². The summed E-state index contributed by atoms with van der Waals surface area (Å²) in [5.41, 5.74) is 0.852. The van der Waals surface area contributed by atoms with Crippen molar-refractivity contribution in [1.82, 2.24) is 25.3 Å². The Hall–Kier alpha value is -2.51. The quantitative estimate of drug-likeness (QED) is 0.868. The molecule has 1 saturated heterocycles. The molecule has 2 aromatic rings. The molecular weight excluding hydrogens is 299 g/mol. The van der Waals surface area contributed by atoms with E-state index in [9.17, 15) is 9.18 Å². The summed E-state index contributed by atoms with van der Waals surface area (Å²) >= 11 is 0. The molecule has 1 amide bonds. The summed E-state index contributed by atoms with van der Waals surface area (Å²) in [6.07, 6.45) is 4.78. The van der Waals surface area contributed by atoms with E-state index < -0.39 is 6.17 Å². The van der Waals surface area contributed by atoms with Gasteiger partial charge in [-0.15, -0.1) is 5.10 Å². The second-order valence-corrected chi connectivity index (χ2v) is 5.72. The fourth-order valence-electron chi connectivity index (χ4n) is 2.82. The van der Waals surface area contributed by atoms with Crippen LogP contribution in [0.3, 0.4) is 0 Å². The van der Waals surface area contributed by atoms with Gasteiger partial charge in [-0.25, -0.2) is 4.39 Å². The Morgan fingerprint density at radius 1 is 1.52 bits per heavy atom. The number of aryl methyl sites for hydroxylation is 1. The number of rotatable bonds is 5. The smallest absolute Gasteiger partial charge is 0.224 e. The molecule has 3 heterocycles. The molecule has 0 radical (unpaired) electrons. The lowest BCUT2D eigenvalue weighted by Gasteiger charge is -2.24. The Labute approximate surface area is 133 Å². The van der Waals surface area contributed by atoms with Crippen LogP contribution in [0.2, 0.25) is 0 Å². The van der Waals surface area contributed by atoms with Gasteiger partial charge in [-0.05, 0) is 17.7 Å². The van der Waals surface area contributed by atoms with Gasteiger partial charge in [0.15, 0.2) is 5.82 Å². The van der Waals surface area contributed by atoms with Gasteiger partial charge in [-0.3, -0.25) is 9.48 Å². The lowest BCUT2D eigenvalue weighted by atomic mass is 10.2. The van der Waals surface area contributed by atoms with Crippen molar-refractivity contribution >= 4 is 11.7 Å². The molecule has 23 heavy (non-hydrogen) atoms. The van der Waals surface area contributed by atoms with E-state index in [1.54, 1.807) is 42.5 Å². The van der Waals surface area contributed by atoms with Crippen LogP contribution in [0.4, 0.5) is 10.2 Å². The van der Waals surface area contributed by atoms with E-state index in [-0.39, 0.29) is 24.9 Å². The third kappa shape index (κ3) is 3.82. The number of carbonyl (C=O) groups is 1. The average Bonchev–Trinajstić information content (AvgIpc) is 3.12. The molecule has 1 fully saturated rings. The zero-order valence-corrected chi connectivity index (χ0v) is 12.9. The SMILES string of the molecule is Cn1cc(CC(=O)NC[C@@H]2C[C@H](F)CN2c2cccnn2)cn1. The largest absolute Gasteiger partial charge is 0.354 e. The predicted octanol–water partition coefficient (Wildman–Crippen LogP) is 0.486. The maximum absolute atomic E-state index is 13.8. The van der Waals surface area contributed by atoms with Crippen LogP contribution < -0.4 is 10.2 Å². The van der Waals surface area contributed by atoms with Gasteiger partial charge in [0.25, 0.3) is 0 Å². The van der Waals surface area contributed by atoms with E-state index in [4.69, 9.17) is 0 Å². The first-order valence-electron chi connectivity index (χ1n) is 7.54. The highest BCUT2D eigenvalue weighted by Crippen LogP contribution is 2.24. The molecule has 122 valence electrons. The highest BCUT2D eigenvalue weighted by Gasteiger charge is 2.33. The summed E-state index contributed by atoms with van der Waals surface area (Å²) in [6.45, 7) is 0.665. The number of hydrogen-bond acceptors (Lipinski definition) is 5. The van der Waals surface area contributed by atoms with Gasteiger partial charge in [-0.2, -0.15) is 10.2 Å². The number of aromatic nitrogens is 4. The number of halogens is 1. The van der Waals surface area contributed by atoms with Crippen LogP contribution in [0.5, 0.6) is 0 Å². The zero-order valence-electron chi connectivity index (χ0n) is 12.9. The van der Waals surface area contributed by atoms with Crippen molar-refractivity contribution in [1.29, 1.82) is 0 Å². The molecular formula is C15H19FN6O. The van der Waals surface area contributed by atoms with Gasteiger partial charge in [0.1, 0.15) is 6.17 Å². The number of nitrogens with one attached hydrogen (secondary N) is 1. The van der Waals surface area contributed by atoms with Crippen molar-refractivity contribution in [2.75, 3.05) is 18.0 Å². The summed E-state index contributed by atoms with van der Waals surface area (Å²) in [5.74, 6) is 0.540. The van der Waals surface area contributed by atoms with Gasteiger partial charge < -0.3 is 10.2 Å². The van der Waals surface area contributed by atoms with Gasteiger partial charge in [-0.1, -0.05) is 0 Å². The van der Waals surface area contributed by atoms with Crippen molar-refractivity contribution in [3.63, 3.8) is 0 Å². The number of alkyl halides is 1. The Morgan fingerprint density at radius 2 is 2.39 bits per heavy atom. The van der Waals surface area contributed by atoms with Gasteiger partial charge in [0, 0.05) is 32.4 Å². The standard InChI is InChI=1S/C15H19FN6O/c1-21-9-11(7-19-21)5-15(23)17-8-13-6-12(16)10-22(13)14-3-2-4-18-20-14/h2-4,7,9,12-13H,5-6,8,10H2,1H3,(H,17,23)/t12-,13-/m0/s1. The fraction of sp³-hybridized carbons (Fsp3) is 0.467. The number of carbonyl (C=O) groups excluding carboxylic acids is 1. The molecule has 0 spiro atoms. The maximum atomic E-state index is 13.8. The monoisotopic (exact) mass is 318 g/mol. The van der Waals surface area contributed by atoms with Gasteiger partial charge >= 0.3 is 0 Å². The van der Waals surface area contributed by atoms with Crippen LogP contribution in [-0.4, -0.2) is 51.2 Å². The Kier molecular flexibility index (Phi) is 4.50. The molecule has 0 aliphatic carbocycles. The summed E-state index contributed by atoms with van der Waals surface area (Å²) in [5, 5.41) is 14.8. The van der Waals surface area contributed by atoms with E-state index in [2.05, 4.69) is 20.6 Å². The van der Waals surface area contributed by atoms with Crippen LogP contribution in [0, 0.1) is 0 Å². The minimum absolute atomic E-state index is 0.0978. The van der Waals surface area contributed by atoms with Crippen molar-refractivity contribution in [3.05, 3.63) is 36.3 Å². The highest BCUT2D eigenvalue weighted by atomic mass is 19.1. The fourth-order valence-corrected chi connectivity index (χ4v) is 2.82. The first kappa shape index (κ1) is 15.4. The summed E-state index contributed by atoms with van der Waals surface area (Å²) in [4.78, 5) is 13.9. The first-order valence-corrected chi connectivity index (χ1v) is 7.54. The molecule has 7 nitrogen and oxygen atoms in total. The Bertz CT molecular complexity index is 661. The molecule has 2 aromatic heterocycles. The predicted molar refractivity (Wildman–Crippen MR) is 82.6 cm³/mol. The molecule has 2 atom stereocenters. The lowest BCUT2D eigenvalue weighted by molar-refractivity contribution is -0.120. The van der Waals surface area contributed by atoms with Gasteiger partial charge in [0.05, 0.1) is 25.2 Å². The summed E-state index contributed by atoms with van der Waals surface area (Å²) in [7, 11) is 1.81. The molecule has 3 rings (SSSR count). The number of anilines is 1.